The number of aromatic nitrogens is 1. The summed E-state index contributed by atoms with van der Waals surface area (Å²) < 4.78 is 2.46. The van der Waals surface area contributed by atoms with E-state index in [9.17, 15) is 0 Å². The molecule has 1 aliphatic carbocycles. The topological polar surface area (TPSA) is 4.93 Å². The van der Waals surface area contributed by atoms with Crippen LogP contribution in [0, 0.1) is 0 Å². The van der Waals surface area contributed by atoms with E-state index in [1.807, 2.05) is 0 Å². The normalized spacial score (nSPS) is 13.9. The highest BCUT2D eigenvalue weighted by Crippen LogP contribution is 2.53. The minimum atomic E-state index is -0.0702. The second-order valence-electron chi connectivity index (χ2n) is 12.9. The van der Waals surface area contributed by atoms with Crippen molar-refractivity contribution in [1.29, 1.82) is 0 Å². The second-order valence-corrected chi connectivity index (χ2v) is 12.9. The Morgan fingerprint density at radius 2 is 1.11 bits per heavy atom. The third kappa shape index (κ3) is 2.99. The van der Waals surface area contributed by atoms with E-state index in [1.165, 1.54) is 93.2 Å². The standard InChI is InChI=1S/C43H29N/c1-43(2)36-12-5-3-10-32(36)34-24-25-38-41(42(34)43)35-11-4-6-13-37(35)44(38)30-20-16-26(17-21-30)31-22-18-29-15-14-27-8-7-9-28-19-23-33(31)40(29)39(27)28/h3-25H,1-2H3. The molecule has 1 heterocycles. The van der Waals surface area contributed by atoms with Crippen LogP contribution in [-0.2, 0) is 5.41 Å². The lowest BCUT2D eigenvalue weighted by Crippen LogP contribution is -2.15. The molecule has 0 aliphatic heterocycles. The van der Waals surface area contributed by atoms with Gasteiger partial charge in [0.2, 0.25) is 0 Å². The van der Waals surface area contributed by atoms with E-state index in [-0.39, 0.29) is 5.41 Å². The molecule has 0 atom stereocenters. The second kappa shape index (κ2) is 8.36. The lowest BCUT2D eigenvalue weighted by molar-refractivity contribution is 0.666. The van der Waals surface area contributed by atoms with E-state index in [0.29, 0.717) is 0 Å². The van der Waals surface area contributed by atoms with Crippen LogP contribution < -0.4 is 0 Å². The Hall–Kier alpha value is -5.40. The quantitative estimate of drug-likeness (QED) is 0.186. The third-order valence-corrected chi connectivity index (χ3v) is 10.3. The molecule has 0 fully saturated rings. The number of benzene rings is 8. The van der Waals surface area contributed by atoms with Gasteiger partial charge in [-0.3, -0.25) is 0 Å². The van der Waals surface area contributed by atoms with Gasteiger partial charge >= 0.3 is 0 Å². The van der Waals surface area contributed by atoms with Gasteiger partial charge in [-0.1, -0.05) is 129 Å². The fraction of sp³-hybridized carbons (Fsp3) is 0.0698. The molecule has 10 rings (SSSR count). The van der Waals surface area contributed by atoms with E-state index in [4.69, 9.17) is 0 Å². The fourth-order valence-electron chi connectivity index (χ4n) is 8.39. The molecule has 0 unspecified atom stereocenters. The summed E-state index contributed by atoms with van der Waals surface area (Å²) in [6.07, 6.45) is 0. The summed E-state index contributed by atoms with van der Waals surface area (Å²) >= 11 is 0. The van der Waals surface area contributed by atoms with Gasteiger partial charge in [-0.15, -0.1) is 0 Å². The van der Waals surface area contributed by atoms with Gasteiger partial charge in [0.1, 0.15) is 0 Å². The summed E-state index contributed by atoms with van der Waals surface area (Å²) in [5.74, 6) is 0. The number of hydrogen-bond acceptors (Lipinski definition) is 0. The number of para-hydroxylation sites is 1. The Labute approximate surface area is 255 Å². The molecule has 0 amide bonds. The van der Waals surface area contributed by atoms with Crippen molar-refractivity contribution < 1.29 is 0 Å². The van der Waals surface area contributed by atoms with Crippen LogP contribution in [0.25, 0.3) is 82.1 Å². The fourth-order valence-corrected chi connectivity index (χ4v) is 8.39. The van der Waals surface area contributed by atoms with Crippen LogP contribution in [-0.4, -0.2) is 4.57 Å². The van der Waals surface area contributed by atoms with Gasteiger partial charge in [0.15, 0.2) is 0 Å². The third-order valence-electron chi connectivity index (χ3n) is 10.3. The van der Waals surface area contributed by atoms with Crippen molar-refractivity contribution in [3.8, 4) is 27.9 Å². The highest BCUT2D eigenvalue weighted by atomic mass is 15.0. The van der Waals surface area contributed by atoms with Gasteiger partial charge in [-0.2, -0.15) is 0 Å². The molecule has 1 heteroatoms. The average Bonchev–Trinajstić information content (AvgIpc) is 3.52. The summed E-state index contributed by atoms with van der Waals surface area (Å²) in [5, 5.41) is 10.6. The van der Waals surface area contributed by atoms with Gasteiger partial charge in [0.05, 0.1) is 11.0 Å². The Balaban J connectivity index is 1.18. The summed E-state index contributed by atoms with van der Waals surface area (Å²) in [7, 11) is 0. The summed E-state index contributed by atoms with van der Waals surface area (Å²) in [6.45, 7) is 4.77. The zero-order valence-corrected chi connectivity index (χ0v) is 24.7. The van der Waals surface area contributed by atoms with Gasteiger partial charge in [0.25, 0.3) is 0 Å². The average molecular weight is 560 g/mol. The Morgan fingerprint density at radius 3 is 1.95 bits per heavy atom. The van der Waals surface area contributed by atoms with Crippen LogP contribution in [0.2, 0.25) is 0 Å². The van der Waals surface area contributed by atoms with Crippen LogP contribution >= 0.6 is 0 Å². The van der Waals surface area contributed by atoms with Gasteiger partial charge in [-0.25, -0.2) is 0 Å². The molecule has 9 aromatic rings. The lowest BCUT2D eigenvalue weighted by Gasteiger charge is -2.22. The SMILES string of the molecule is CC1(C)c2ccccc2-c2ccc3c(c21)c1ccccc1n3-c1ccc(-c2ccc3ccc4cccc5ccc2c3c45)cc1. The van der Waals surface area contributed by atoms with Crippen LogP contribution in [0.4, 0.5) is 0 Å². The molecular weight excluding hydrogens is 530 g/mol. The Kier molecular flexibility index (Phi) is 4.58. The summed E-state index contributed by atoms with van der Waals surface area (Å²) in [4.78, 5) is 0. The summed E-state index contributed by atoms with van der Waals surface area (Å²) in [6, 6.07) is 52.0. The van der Waals surface area contributed by atoms with Crippen LogP contribution in [0.3, 0.4) is 0 Å². The maximum Gasteiger partial charge on any atom is 0.0544 e. The van der Waals surface area contributed by atoms with Gasteiger partial charge < -0.3 is 4.57 Å². The summed E-state index contributed by atoms with van der Waals surface area (Å²) in [5.41, 5.74) is 11.7. The first-order valence-corrected chi connectivity index (χ1v) is 15.5. The van der Waals surface area contributed by atoms with Crippen molar-refractivity contribution >= 4 is 54.1 Å². The van der Waals surface area contributed by atoms with Crippen LogP contribution in [0.1, 0.15) is 25.0 Å². The minimum Gasteiger partial charge on any atom is -0.309 e. The first-order valence-electron chi connectivity index (χ1n) is 15.5. The first kappa shape index (κ1) is 24.1. The van der Waals surface area contributed by atoms with Crippen molar-refractivity contribution in [2.75, 3.05) is 0 Å². The molecule has 0 radical (unpaired) electrons. The number of nitrogens with zero attached hydrogens (tertiary/aromatic N) is 1. The van der Waals surface area contributed by atoms with Crippen LogP contribution in [0.15, 0.2) is 140 Å². The number of rotatable bonds is 2. The smallest absolute Gasteiger partial charge is 0.0544 e. The van der Waals surface area contributed by atoms with Gasteiger partial charge in [0, 0.05) is 21.9 Å². The number of hydrogen-bond donors (Lipinski definition) is 0. The molecule has 8 aromatic carbocycles. The molecule has 1 nitrogen and oxygen atoms in total. The maximum atomic E-state index is 2.46. The minimum absolute atomic E-state index is 0.0702. The van der Waals surface area contributed by atoms with Crippen molar-refractivity contribution in [2.45, 2.75) is 19.3 Å². The molecule has 1 aliphatic rings. The molecule has 44 heavy (non-hydrogen) atoms. The molecule has 206 valence electrons. The highest BCUT2D eigenvalue weighted by molar-refractivity contribution is 6.25. The highest BCUT2D eigenvalue weighted by Gasteiger charge is 2.37. The Morgan fingerprint density at radius 1 is 0.432 bits per heavy atom. The molecular formula is C43H29N. The van der Waals surface area contributed by atoms with E-state index in [0.717, 1.165) is 0 Å². The monoisotopic (exact) mass is 559 g/mol. The van der Waals surface area contributed by atoms with E-state index < -0.39 is 0 Å². The van der Waals surface area contributed by atoms with Gasteiger partial charge in [-0.05, 0) is 90.0 Å². The van der Waals surface area contributed by atoms with E-state index in [2.05, 4.69) is 158 Å². The first-order chi connectivity index (χ1) is 21.6. The molecule has 0 spiro atoms. The predicted octanol–water partition coefficient (Wildman–Crippen LogP) is 11.7. The molecule has 0 saturated heterocycles. The lowest BCUT2D eigenvalue weighted by atomic mass is 9.80. The van der Waals surface area contributed by atoms with Crippen molar-refractivity contribution in [3.63, 3.8) is 0 Å². The molecule has 1 aromatic heterocycles. The molecule has 0 bridgehead atoms. The zero-order valence-electron chi connectivity index (χ0n) is 24.7. The predicted molar refractivity (Wildman–Crippen MR) is 187 cm³/mol. The maximum absolute atomic E-state index is 2.46. The van der Waals surface area contributed by atoms with Crippen LogP contribution in [0.5, 0.6) is 0 Å². The molecule has 0 N–H and O–H groups in total. The van der Waals surface area contributed by atoms with Crippen molar-refractivity contribution in [2.24, 2.45) is 0 Å². The molecule has 0 saturated carbocycles. The van der Waals surface area contributed by atoms with E-state index >= 15 is 0 Å². The zero-order chi connectivity index (χ0) is 29.2. The number of fused-ring (bicyclic) bond motifs is 7. The van der Waals surface area contributed by atoms with E-state index in [1.54, 1.807) is 0 Å². The Bertz CT molecular complexity index is 2600. The van der Waals surface area contributed by atoms with Crippen molar-refractivity contribution in [1.82, 2.24) is 4.57 Å². The largest absolute Gasteiger partial charge is 0.309 e. The van der Waals surface area contributed by atoms with Crippen molar-refractivity contribution in [3.05, 3.63) is 151 Å².